The number of hydrogen-bond acceptors (Lipinski definition) is 3. The summed E-state index contributed by atoms with van der Waals surface area (Å²) in [6.07, 6.45) is 0.474. The van der Waals surface area contributed by atoms with Crippen molar-refractivity contribution in [1.29, 1.82) is 0 Å². The zero-order chi connectivity index (χ0) is 12.7. The first kappa shape index (κ1) is 12.9. The van der Waals surface area contributed by atoms with Crippen LogP contribution in [-0.4, -0.2) is 18.9 Å². The van der Waals surface area contributed by atoms with E-state index in [1.807, 2.05) is 0 Å². The second kappa shape index (κ2) is 6.44. The van der Waals surface area contributed by atoms with Crippen LogP contribution in [-0.2, 0) is 9.53 Å². The summed E-state index contributed by atoms with van der Waals surface area (Å²) in [5, 5.41) is 0. The fourth-order valence-electron chi connectivity index (χ4n) is 1.13. The Hall–Kier alpha value is -2.15. The largest absolute Gasteiger partial charge is 0.465 e. The fourth-order valence-corrected chi connectivity index (χ4v) is 1.13. The molecule has 0 spiro atoms. The van der Waals surface area contributed by atoms with E-state index in [4.69, 9.17) is 0 Å². The maximum Gasteiger partial charge on any atom is 0.317 e. The minimum absolute atomic E-state index is 0.0806. The normalized spacial score (nSPS) is 9.06. The molecule has 17 heavy (non-hydrogen) atoms. The maximum atomic E-state index is 13.3. The van der Waals surface area contributed by atoms with Gasteiger partial charge in [0.2, 0.25) is 0 Å². The molecule has 1 aromatic carbocycles. The molecule has 0 atom stereocenters. The van der Waals surface area contributed by atoms with Gasteiger partial charge in [-0.05, 0) is 19.1 Å². The molecule has 0 aliphatic heterocycles. The van der Waals surface area contributed by atoms with Crippen molar-refractivity contribution in [3.63, 3.8) is 0 Å². The molecule has 88 valence electrons. The van der Waals surface area contributed by atoms with E-state index in [-0.39, 0.29) is 17.5 Å². The van der Waals surface area contributed by atoms with Crippen LogP contribution in [0.3, 0.4) is 0 Å². The van der Waals surface area contributed by atoms with Crippen LogP contribution in [0.25, 0.3) is 0 Å². The van der Waals surface area contributed by atoms with Crippen LogP contribution in [0.5, 0.6) is 0 Å². The lowest BCUT2D eigenvalue weighted by atomic mass is 10.1. The van der Waals surface area contributed by atoms with Gasteiger partial charge in [-0.25, -0.2) is 4.39 Å². The predicted molar refractivity (Wildman–Crippen MR) is 59.9 cm³/mol. The zero-order valence-corrected chi connectivity index (χ0v) is 9.33. The molecule has 0 unspecified atom stereocenters. The van der Waals surface area contributed by atoms with E-state index >= 15 is 0 Å². The zero-order valence-electron chi connectivity index (χ0n) is 9.33. The molecule has 0 heterocycles. The lowest BCUT2D eigenvalue weighted by Gasteiger charge is -1.96. The molecule has 1 rings (SSSR count). The molecule has 0 N–H and O–H groups in total. The Morgan fingerprint density at radius 2 is 2.29 bits per heavy atom. The fraction of sp³-hybridized carbons (Fsp3) is 0.231. The van der Waals surface area contributed by atoms with Gasteiger partial charge in [0, 0.05) is 5.56 Å². The summed E-state index contributed by atoms with van der Waals surface area (Å²) in [6.45, 7) is 1.99. The highest BCUT2D eigenvalue weighted by Crippen LogP contribution is 2.07. The first-order chi connectivity index (χ1) is 8.17. The summed E-state index contributed by atoms with van der Waals surface area (Å²) < 4.78 is 18.0. The molecule has 4 heteroatoms. The van der Waals surface area contributed by atoms with Crippen molar-refractivity contribution in [3.05, 3.63) is 35.1 Å². The SMILES string of the molecule is CCOC(=O)CC#Cc1ccc(C=O)cc1F. The molecule has 0 amide bonds. The number of aldehydes is 1. The van der Waals surface area contributed by atoms with Crippen LogP contribution >= 0.6 is 0 Å². The summed E-state index contributed by atoms with van der Waals surface area (Å²) >= 11 is 0. The van der Waals surface area contributed by atoms with E-state index in [1.165, 1.54) is 12.1 Å². The van der Waals surface area contributed by atoms with Crippen molar-refractivity contribution in [2.45, 2.75) is 13.3 Å². The van der Waals surface area contributed by atoms with Gasteiger partial charge < -0.3 is 4.74 Å². The van der Waals surface area contributed by atoms with Crippen LogP contribution in [0.4, 0.5) is 4.39 Å². The van der Waals surface area contributed by atoms with Gasteiger partial charge in [0.05, 0.1) is 12.2 Å². The summed E-state index contributed by atoms with van der Waals surface area (Å²) in [6, 6.07) is 3.96. The highest BCUT2D eigenvalue weighted by molar-refractivity contribution is 5.75. The third-order valence-electron chi connectivity index (χ3n) is 1.89. The molecule has 0 radical (unpaired) electrons. The van der Waals surface area contributed by atoms with E-state index < -0.39 is 11.8 Å². The molecule has 0 aromatic heterocycles. The van der Waals surface area contributed by atoms with Gasteiger partial charge in [-0.15, -0.1) is 0 Å². The van der Waals surface area contributed by atoms with Crippen LogP contribution < -0.4 is 0 Å². The third-order valence-corrected chi connectivity index (χ3v) is 1.89. The standard InChI is InChI=1S/C13H11FO3/c1-2-17-13(16)5-3-4-11-7-6-10(9-15)8-12(11)14/h6-9H,2,5H2,1H3. The predicted octanol–water partition coefficient (Wildman–Crippen LogP) is 1.94. The number of benzene rings is 1. The third kappa shape index (κ3) is 4.07. The number of carbonyl (C=O) groups excluding carboxylic acids is 2. The number of carbonyl (C=O) groups is 2. The van der Waals surface area contributed by atoms with Crippen LogP contribution in [0.1, 0.15) is 29.3 Å². The average molecular weight is 234 g/mol. The van der Waals surface area contributed by atoms with Gasteiger partial charge in [0.15, 0.2) is 0 Å². The monoisotopic (exact) mass is 234 g/mol. The minimum atomic E-state index is -0.578. The Bertz CT molecular complexity index is 483. The molecule has 0 aliphatic rings. The van der Waals surface area contributed by atoms with Gasteiger partial charge in [0.25, 0.3) is 0 Å². The van der Waals surface area contributed by atoms with Crippen LogP contribution in [0.15, 0.2) is 18.2 Å². The second-order valence-corrected chi connectivity index (χ2v) is 3.14. The van der Waals surface area contributed by atoms with Gasteiger partial charge >= 0.3 is 5.97 Å². The minimum Gasteiger partial charge on any atom is -0.465 e. The molecular formula is C13H11FO3. The molecular weight excluding hydrogens is 223 g/mol. The van der Waals surface area contributed by atoms with E-state index in [0.717, 1.165) is 6.07 Å². The Labute approximate surface area is 98.6 Å². The lowest BCUT2D eigenvalue weighted by Crippen LogP contribution is -2.01. The molecule has 0 bridgehead atoms. The Balaban J connectivity index is 2.72. The molecule has 1 aromatic rings. The van der Waals surface area contributed by atoms with Gasteiger partial charge in [-0.3, -0.25) is 9.59 Å². The van der Waals surface area contributed by atoms with Gasteiger partial charge in [-0.1, -0.05) is 17.9 Å². The number of esters is 1. The van der Waals surface area contributed by atoms with E-state index in [0.29, 0.717) is 12.9 Å². The average Bonchev–Trinajstić information content (AvgIpc) is 2.31. The highest BCUT2D eigenvalue weighted by atomic mass is 19.1. The summed E-state index contributed by atoms with van der Waals surface area (Å²) in [5.74, 6) is 4.01. The molecule has 0 saturated carbocycles. The lowest BCUT2D eigenvalue weighted by molar-refractivity contribution is -0.141. The summed E-state index contributed by atoms with van der Waals surface area (Å²) in [5.41, 5.74) is 0.401. The van der Waals surface area contributed by atoms with Crippen molar-refractivity contribution >= 4 is 12.3 Å². The van der Waals surface area contributed by atoms with Crippen molar-refractivity contribution in [2.75, 3.05) is 6.61 Å². The number of rotatable bonds is 3. The van der Waals surface area contributed by atoms with Crippen molar-refractivity contribution in [2.24, 2.45) is 0 Å². The van der Waals surface area contributed by atoms with Crippen molar-refractivity contribution < 1.29 is 18.7 Å². The number of ether oxygens (including phenoxy) is 1. The van der Waals surface area contributed by atoms with Gasteiger partial charge in [-0.2, -0.15) is 0 Å². The van der Waals surface area contributed by atoms with Crippen molar-refractivity contribution in [1.82, 2.24) is 0 Å². The quantitative estimate of drug-likeness (QED) is 0.456. The Kier molecular flexibility index (Phi) is 4.89. The number of halogens is 1. The molecule has 0 aliphatic carbocycles. The van der Waals surface area contributed by atoms with Crippen LogP contribution in [0.2, 0.25) is 0 Å². The van der Waals surface area contributed by atoms with Crippen molar-refractivity contribution in [3.8, 4) is 11.8 Å². The first-order valence-corrected chi connectivity index (χ1v) is 5.06. The number of hydrogen-bond donors (Lipinski definition) is 0. The van der Waals surface area contributed by atoms with E-state index in [2.05, 4.69) is 16.6 Å². The second-order valence-electron chi connectivity index (χ2n) is 3.14. The Morgan fingerprint density at radius 3 is 2.88 bits per heavy atom. The first-order valence-electron chi connectivity index (χ1n) is 5.06. The highest BCUT2D eigenvalue weighted by Gasteiger charge is 2.01. The summed E-state index contributed by atoms with van der Waals surface area (Å²) in [7, 11) is 0. The topological polar surface area (TPSA) is 43.4 Å². The summed E-state index contributed by atoms with van der Waals surface area (Å²) in [4.78, 5) is 21.3. The molecule has 3 nitrogen and oxygen atoms in total. The van der Waals surface area contributed by atoms with E-state index in [1.54, 1.807) is 6.92 Å². The smallest absolute Gasteiger partial charge is 0.317 e. The maximum absolute atomic E-state index is 13.3. The molecule has 0 fully saturated rings. The van der Waals surface area contributed by atoms with Gasteiger partial charge in [0.1, 0.15) is 18.5 Å². The molecule has 0 saturated heterocycles. The van der Waals surface area contributed by atoms with E-state index in [9.17, 15) is 14.0 Å². The Morgan fingerprint density at radius 1 is 1.53 bits per heavy atom. The van der Waals surface area contributed by atoms with Crippen LogP contribution in [0, 0.1) is 17.7 Å².